The number of rotatable bonds is 3. The van der Waals surface area contributed by atoms with Gasteiger partial charge in [0.05, 0.1) is 6.26 Å². The summed E-state index contributed by atoms with van der Waals surface area (Å²) in [6, 6.07) is 4.01. The molecule has 3 heteroatoms. The average Bonchev–Trinajstić information content (AvgIpc) is 2.58. The molecule has 0 spiro atoms. The monoisotopic (exact) mass is 194 g/mol. The molecule has 0 atom stereocenters. The molecular weight excluding hydrogens is 176 g/mol. The lowest BCUT2D eigenvalue weighted by Gasteiger charge is -2.18. The molecular formula is C11H18N2O. The fourth-order valence-corrected chi connectivity index (χ4v) is 1.85. The quantitative estimate of drug-likeness (QED) is 0.781. The molecule has 78 valence electrons. The third kappa shape index (κ3) is 2.86. The Kier molecular flexibility index (Phi) is 3.60. The van der Waals surface area contributed by atoms with Gasteiger partial charge in [-0.25, -0.2) is 0 Å². The molecule has 14 heavy (non-hydrogen) atoms. The van der Waals surface area contributed by atoms with E-state index in [1.54, 1.807) is 6.26 Å². The summed E-state index contributed by atoms with van der Waals surface area (Å²) >= 11 is 0. The molecule has 0 bridgehead atoms. The Morgan fingerprint density at radius 2 is 2.36 bits per heavy atom. The van der Waals surface area contributed by atoms with Gasteiger partial charge in [-0.2, -0.15) is 0 Å². The van der Waals surface area contributed by atoms with E-state index in [-0.39, 0.29) is 0 Å². The highest BCUT2D eigenvalue weighted by atomic mass is 16.3. The van der Waals surface area contributed by atoms with Gasteiger partial charge in [-0.3, -0.25) is 0 Å². The first kappa shape index (κ1) is 9.74. The van der Waals surface area contributed by atoms with E-state index in [9.17, 15) is 0 Å². The summed E-state index contributed by atoms with van der Waals surface area (Å²) in [5.74, 6) is 1.10. The maximum absolute atomic E-state index is 5.31. The fraction of sp³-hybridized carbons (Fsp3) is 0.636. The predicted molar refractivity (Wildman–Crippen MR) is 56.3 cm³/mol. The zero-order valence-electron chi connectivity index (χ0n) is 8.54. The van der Waals surface area contributed by atoms with Crippen LogP contribution in [0.2, 0.25) is 0 Å². The first-order valence-corrected chi connectivity index (χ1v) is 5.40. The first-order chi connectivity index (χ1) is 6.95. The molecule has 1 fully saturated rings. The minimum absolute atomic E-state index is 1.03. The topological polar surface area (TPSA) is 28.4 Å². The van der Waals surface area contributed by atoms with Crippen LogP contribution < -0.4 is 5.32 Å². The van der Waals surface area contributed by atoms with Crippen LogP contribution in [-0.2, 0) is 6.42 Å². The molecule has 0 unspecified atom stereocenters. The van der Waals surface area contributed by atoms with E-state index in [1.807, 2.05) is 6.07 Å². The summed E-state index contributed by atoms with van der Waals surface area (Å²) in [4.78, 5) is 2.50. The number of hydrogen-bond donors (Lipinski definition) is 1. The van der Waals surface area contributed by atoms with Gasteiger partial charge in [0.25, 0.3) is 0 Å². The van der Waals surface area contributed by atoms with E-state index in [1.165, 1.54) is 19.5 Å². The van der Waals surface area contributed by atoms with Crippen LogP contribution in [0.4, 0.5) is 0 Å². The number of hydrogen-bond acceptors (Lipinski definition) is 3. The molecule has 2 rings (SSSR count). The van der Waals surface area contributed by atoms with E-state index < -0.39 is 0 Å². The molecule has 1 saturated heterocycles. The Morgan fingerprint density at radius 1 is 1.36 bits per heavy atom. The molecule has 0 radical (unpaired) electrons. The van der Waals surface area contributed by atoms with Crippen LogP contribution in [0.5, 0.6) is 0 Å². The normalized spacial score (nSPS) is 19.4. The van der Waals surface area contributed by atoms with E-state index in [0.717, 1.165) is 31.8 Å². The van der Waals surface area contributed by atoms with Crippen molar-refractivity contribution < 1.29 is 4.42 Å². The highest BCUT2D eigenvalue weighted by Crippen LogP contribution is 2.03. The highest BCUT2D eigenvalue weighted by molar-refractivity contribution is 4.98. The number of nitrogens with zero attached hydrogens (tertiary/aromatic N) is 1. The highest BCUT2D eigenvalue weighted by Gasteiger charge is 2.08. The minimum Gasteiger partial charge on any atom is -0.469 e. The van der Waals surface area contributed by atoms with Crippen LogP contribution in [0, 0.1) is 0 Å². The molecule has 1 aliphatic rings. The van der Waals surface area contributed by atoms with Crippen molar-refractivity contribution in [2.75, 3.05) is 32.7 Å². The van der Waals surface area contributed by atoms with Crippen LogP contribution in [0.15, 0.2) is 22.8 Å². The van der Waals surface area contributed by atoms with E-state index >= 15 is 0 Å². The Balaban J connectivity index is 1.73. The Labute approximate surface area is 85.1 Å². The summed E-state index contributed by atoms with van der Waals surface area (Å²) < 4.78 is 5.31. The molecule has 1 aromatic rings. The van der Waals surface area contributed by atoms with Gasteiger partial charge in [-0.15, -0.1) is 0 Å². The second kappa shape index (κ2) is 5.17. The third-order valence-corrected chi connectivity index (χ3v) is 2.69. The van der Waals surface area contributed by atoms with Gasteiger partial charge in [0.1, 0.15) is 5.76 Å². The summed E-state index contributed by atoms with van der Waals surface area (Å²) in [5, 5.41) is 3.41. The van der Waals surface area contributed by atoms with Crippen LogP contribution in [-0.4, -0.2) is 37.6 Å². The lowest BCUT2D eigenvalue weighted by Crippen LogP contribution is -2.29. The van der Waals surface area contributed by atoms with Crippen molar-refractivity contribution in [1.82, 2.24) is 10.2 Å². The average molecular weight is 194 g/mol. The molecule has 0 aromatic carbocycles. The van der Waals surface area contributed by atoms with Crippen molar-refractivity contribution in [3.63, 3.8) is 0 Å². The first-order valence-electron chi connectivity index (χ1n) is 5.40. The van der Waals surface area contributed by atoms with Crippen LogP contribution >= 0.6 is 0 Å². The zero-order chi connectivity index (χ0) is 9.64. The second-order valence-electron chi connectivity index (χ2n) is 3.77. The van der Waals surface area contributed by atoms with Gasteiger partial charge >= 0.3 is 0 Å². The van der Waals surface area contributed by atoms with Gasteiger partial charge in [0.2, 0.25) is 0 Å². The van der Waals surface area contributed by atoms with Crippen LogP contribution in [0.1, 0.15) is 12.2 Å². The summed E-state index contributed by atoms with van der Waals surface area (Å²) in [5.41, 5.74) is 0. The predicted octanol–water partition coefficient (Wildman–Crippen LogP) is 1.12. The van der Waals surface area contributed by atoms with Crippen LogP contribution in [0.3, 0.4) is 0 Å². The second-order valence-corrected chi connectivity index (χ2v) is 3.77. The van der Waals surface area contributed by atoms with Gasteiger partial charge < -0.3 is 14.6 Å². The molecule has 0 amide bonds. The molecule has 0 aliphatic carbocycles. The largest absolute Gasteiger partial charge is 0.469 e. The summed E-state index contributed by atoms with van der Waals surface area (Å²) in [6.45, 7) is 5.79. The lowest BCUT2D eigenvalue weighted by molar-refractivity contribution is 0.288. The Morgan fingerprint density at radius 3 is 3.21 bits per heavy atom. The Hall–Kier alpha value is -0.800. The van der Waals surface area contributed by atoms with Crippen molar-refractivity contribution >= 4 is 0 Å². The van der Waals surface area contributed by atoms with Gasteiger partial charge in [0.15, 0.2) is 0 Å². The molecule has 1 N–H and O–H groups in total. The third-order valence-electron chi connectivity index (χ3n) is 2.69. The lowest BCUT2D eigenvalue weighted by atomic mass is 10.3. The molecule has 3 nitrogen and oxygen atoms in total. The van der Waals surface area contributed by atoms with Crippen molar-refractivity contribution in [2.24, 2.45) is 0 Å². The van der Waals surface area contributed by atoms with Crippen molar-refractivity contribution in [1.29, 1.82) is 0 Å². The summed E-state index contributed by atoms with van der Waals surface area (Å²) in [7, 11) is 0. The maximum Gasteiger partial charge on any atom is 0.105 e. The van der Waals surface area contributed by atoms with Crippen molar-refractivity contribution in [3.8, 4) is 0 Å². The van der Waals surface area contributed by atoms with E-state index in [2.05, 4.69) is 16.3 Å². The summed E-state index contributed by atoms with van der Waals surface area (Å²) in [6.07, 6.45) is 4.05. The van der Waals surface area contributed by atoms with E-state index in [4.69, 9.17) is 4.42 Å². The molecule has 0 saturated carbocycles. The minimum atomic E-state index is 1.03. The maximum atomic E-state index is 5.31. The zero-order valence-corrected chi connectivity index (χ0v) is 8.54. The van der Waals surface area contributed by atoms with Gasteiger partial charge in [0, 0.05) is 26.1 Å². The number of furan rings is 1. The molecule has 2 heterocycles. The van der Waals surface area contributed by atoms with Crippen LogP contribution in [0.25, 0.3) is 0 Å². The van der Waals surface area contributed by atoms with Crippen molar-refractivity contribution in [2.45, 2.75) is 12.8 Å². The fourth-order valence-electron chi connectivity index (χ4n) is 1.85. The standard InChI is InChI=1S/C11H18N2O/c1-3-11(14-10-1)4-8-13-7-2-5-12-6-9-13/h1,3,10,12H,2,4-9H2. The smallest absolute Gasteiger partial charge is 0.105 e. The molecule has 1 aromatic heterocycles. The Bertz CT molecular complexity index is 238. The van der Waals surface area contributed by atoms with Gasteiger partial charge in [-0.05, 0) is 31.6 Å². The SMILES string of the molecule is c1coc(CCN2CCCNCC2)c1. The van der Waals surface area contributed by atoms with Gasteiger partial charge in [-0.1, -0.05) is 0 Å². The number of nitrogens with one attached hydrogen (secondary N) is 1. The van der Waals surface area contributed by atoms with E-state index in [0.29, 0.717) is 0 Å². The molecule has 1 aliphatic heterocycles. The van der Waals surface area contributed by atoms with Crippen molar-refractivity contribution in [3.05, 3.63) is 24.2 Å².